The van der Waals surface area contributed by atoms with Crippen molar-refractivity contribution in [2.24, 2.45) is 7.05 Å². The van der Waals surface area contributed by atoms with Crippen molar-refractivity contribution in [2.45, 2.75) is 25.2 Å². The van der Waals surface area contributed by atoms with E-state index >= 15 is 0 Å². The summed E-state index contributed by atoms with van der Waals surface area (Å²) in [6.07, 6.45) is 0.786. The average molecular weight is 324 g/mol. The third kappa shape index (κ3) is 2.89. The van der Waals surface area contributed by atoms with Crippen molar-refractivity contribution in [3.05, 3.63) is 11.4 Å². The Kier molecular flexibility index (Phi) is 4.74. The highest BCUT2D eigenvalue weighted by molar-refractivity contribution is 9.09. The van der Waals surface area contributed by atoms with Gasteiger partial charge in [-0.2, -0.15) is 5.10 Å². The first-order chi connectivity index (χ1) is 7.82. The van der Waals surface area contributed by atoms with E-state index in [1.807, 2.05) is 0 Å². The predicted octanol–water partition coefficient (Wildman–Crippen LogP) is 1.44. The van der Waals surface area contributed by atoms with Crippen LogP contribution >= 0.6 is 15.9 Å². The molecule has 0 aliphatic carbocycles. The number of hydrogen-bond acceptors (Lipinski definition) is 3. The minimum atomic E-state index is -3.42. The fraction of sp³-hybridized carbons (Fsp3) is 0.700. The number of aromatic nitrogens is 2. The first-order valence-electron chi connectivity index (χ1n) is 5.35. The molecule has 0 atom stereocenters. The molecule has 17 heavy (non-hydrogen) atoms. The maximum absolute atomic E-state index is 12.4. The quantitative estimate of drug-likeness (QED) is 0.770. The molecule has 1 heterocycles. The maximum atomic E-state index is 12.4. The molecule has 0 unspecified atom stereocenters. The van der Waals surface area contributed by atoms with Gasteiger partial charge in [0, 0.05) is 26.0 Å². The van der Waals surface area contributed by atoms with Crippen molar-refractivity contribution >= 4 is 26.0 Å². The van der Waals surface area contributed by atoms with Gasteiger partial charge in [-0.05, 0) is 20.3 Å². The van der Waals surface area contributed by atoms with Gasteiger partial charge in [0.1, 0.15) is 4.90 Å². The molecule has 0 bridgehead atoms. The van der Waals surface area contributed by atoms with Crippen molar-refractivity contribution in [3.8, 4) is 0 Å². The molecule has 7 heteroatoms. The SMILES string of the molecule is Cc1nn(C)c(C)c1S(=O)(=O)N(C)CCCBr. The second-order valence-electron chi connectivity index (χ2n) is 3.99. The molecule has 0 spiro atoms. The lowest BCUT2D eigenvalue weighted by atomic mass is 10.4. The number of nitrogens with zero attached hydrogens (tertiary/aromatic N) is 3. The Morgan fingerprint density at radius 2 is 2.00 bits per heavy atom. The summed E-state index contributed by atoms with van der Waals surface area (Å²) in [5.41, 5.74) is 1.23. The molecule has 0 saturated carbocycles. The van der Waals surface area contributed by atoms with E-state index in [1.54, 1.807) is 32.6 Å². The lowest BCUT2D eigenvalue weighted by Gasteiger charge is -2.16. The maximum Gasteiger partial charge on any atom is 0.246 e. The van der Waals surface area contributed by atoms with Crippen molar-refractivity contribution in [1.29, 1.82) is 0 Å². The van der Waals surface area contributed by atoms with Crippen molar-refractivity contribution < 1.29 is 8.42 Å². The standard InChI is InChI=1S/C10H18BrN3O2S/c1-8-10(9(2)14(4)12-8)17(15,16)13(3)7-5-6-11/h5-7H2,1-4H3. The van der Waals surface area contributed by atoms with Gasteiger partial charge in [0.15, 0.2) is 0 Å². The molecule has 5 nitrogen and oxygen atoms in total. The summed E-state index contributed by atoms with van der Waals surface area (Å²) < 4.78 is 27.7. The van der Waals surface area contributed by atoms with Crippen LogP contribution in [0.1, 0.15) is 17.8 Å². The van der Waals surface area contributed by atoms with Crippen LogP contribution < -0.4 is 0 Å². The third-order valence-electron chi connectivity index (χ3n) is 2.72. The lowest BCUT2D eigenvalue weighted by Crippen LogP contribution is -2.29. The normalized spacial score (nSPS) is 12.4. The summed E-state index contributed by atoms with van der Waals surface area (Å²) in [5, 5.41) is 4.93. The Balaban J connectivity index is 3.13. The van der Waals surface area contributed by atoms with E-state index in [0.29, 0.717) is 22.8 Å². The molecule has 1 aromatic rings. The summed E-state index contributed by atoms with van der Waals surface area (Å²) in [4.78, 5) is 0.331. The molecule has 0 N–H and O–H groups in total. The highest BCUT2D eigenvalue weighted by atomic mass is 79.9. The molecule has 0 fully saturated rings. The van der Waals surface area contributed by atoms with E-state index in [2.05, 4.69) is 21.0 Å². The Hall–Kier alpha value is -0.400. The zero-order valence-electron chi connectivity index (χ0n) is 10.6. The van der Waals surface area contributed by atoms with Gasteiger partial charge >= 0.3 is 0 Å². The van der Waals surface area contributed by atoms with Crippen LogP contribution in [0.2, 0.25) is 0 Å². The fourth-order valence-corrected chi connectivity index (χ4v) is 3.54. The second-order valence-corrected chi connectivity index (χ2v) is 6.77. The van der Waals surface area contributed by atoms with Crippen LogP contribution in [0.5, 0.6) is 0 Å². The molecule has 0 amide bonds. The van der Waals surface area contributed by atoms with Gasteiger partial charge in [0.25, 0.3) is 0 Å². The van der Waals surface area contributed by atoms with E-state index in [0.717, 1.165) is 11.8 Å². The number of hydrogen-bond donors (Lipinski definition) is 0. The predicted molar refractivity (Wildman–Crippen MR) is 70.9 cm³/mol. The summed E-state index contributed by atoms with van der Waals surface area (Å²) >= 11 is 3.30. The van der Waals surface area contributed by atoms with E-state index in [1.165, 1.54) is 4.31 Å². The number of rotatable bonds is 5. The Morgan fingerprint density at radius 1 is 1.41 bits per heavy atom. The van der Waals surface area contributed by atoms with E-state index < -0.39 is 10.0 Å². The van der Waals surface area contributed by atoms with Crippen molar-refractivity contribution in [1.82, 2.24) is 14.1 Å². The molecule has 1 aromatic heterocycles. The second kappa shape index (κ2) is 5.49. The monoisotopic (exact) mass is 323 g/mol. The smallest absolute Gasteiger partial charge is 0.246 e. The summed E-state index contributed by atoms with van der Waals surface area (Å²) in [6, 6.07) is 0. The Labute approximate surface area is 111 Å². The van der Waals surface area contributed by atoms with Crippen molar-refractivity contribution in [3.63, 3.8) is 0 Å². The molecule has 1 rings (SSSR count). The van der Waals surface area contributed by atoms with Crippen LogP contribution in [0.4, 0.5) is 0 Å². The van der Waals surface area contributed by atoms with E-state index in [-0.39, 0.29) is 0 Å². The molecule has 98 valence electrons. The Bertz CT molecular complexity index is 496. The zero-order valence-corrected chi connectivity index (χ0v) is 13.0. The van der Waals surface area contributed by atoms with Gasteiger partial charge in [-0.1, -0.05) is 15.9 Å². The molecule has 0 saturated heterocycles. The van der Waals surface area contributed by atoms with Gasteiger partial charge in [0.05, 0.1) is 11.4 Å². The molecule has 0 radical (unpaired) electrons. The van der Waals surface area contributed by atoms with Crippen LogP contribution in [0.15, 0.2) is 4.90 Å². The summed E-state index contributed by atoms with van der Waals surface area (Å²) in [5.74, 6) is 0. The topological polar surface area (TPSA) is 55.2 Å². The molecular formula is C10H18BrN3O2S. The molecule has 0 aliphatic rings. The average Bonchev–Trinajstić information content (AvgIpc) is 2.49. The van der Waals surface area contributed by atoms with E-state index in [4.69, 9.17) is 0 Å². The van der Waals surface area contributed by atoms with Crippen LogP contribution in [-0.4, -0.2) is 41.4 Å². The number of alkyl halides is 1. The fourth-order valence-electron chi connectivity index (χ4n) is 1.69. The molecule has 0 aliphatic heterocycles. The highest BCUT2D eigenvalue weighted by Crippen LogP contribution is 2.22. The minimum Gasteiger partial charge on any atom is -0.271 e. The first-order valence-corrected chi connectivity index (χ1v) is 7.91. The largest absolute Gasteiger partial charge is 0.271 e. The first kappa shape index (κ1) is 14.7. The van der Waals surface area contributed by atoms with Gasteiger partial charge in [0.2, 0.25) is 10.0 Å². The third-order valence-corrected chi connectivity index (χ3v) is 5.39. The van der Waals surface area contributed by atoms with Crippen LogP contribution in [0, 0.1) is 13.8 Å². The van der Waals surface area contributed by atoms with Gasteiger partial charge < -0.3 is 0 Å². The minimum absolute atomic E-state index is 0.331. The number of halogens is 1. The van der Waals surface area contributed by atoms with Crippen molar-refractivity contribution in [2.75, 3.05) is 18.9 Å². The molecule has 0 aromatic carbocycles. The molecular weight excluding hydrogens is 306 g/mol. The van der Waals surface area contributed by atoms with Gasteiger partial charge in [-0.25, -0.2) is 12.7 Å². The lowest BCUT2D eigenvalue weighted by molar-refractivity contribution is 0.469. The van der Waals surface area contributed by atoms with Crippen LogP contribution in [0.3, 0.4) is 0 Å². The number of sulfonamides is 1. The van der Waals surface area contributed by atoms with Gasteiger partial charge in [-0.15, -0.1) is 0 Å². The van der Waals surface area contributed by atoms with E-state index in [9.17, 15) is 8.42 Å². The number of aryl methyl sites for hydroxylation is 2. The van der Waals surface area contributed by atoms with Crippen LogP contribution in [0.25, 0.3) is 0 Å². The highest BCUT2D eigenvalue weighted by Gasteiger charge is 2.27. The zero-order chi connectivity index (χ0) is 13.2. The Morgan fingerprint density at radius 3 is 2.41 bits per heavy atom. The van der Waals surface area contributed by atoms with Crippen LogP contribution in [-0.2, 0) is 17.1 Å². The summed E-state index contributed by atoms with van der Waals surface area (Å²) in [6.45, 7) is 3.99. The van der Waals surface area contributed by atoms with Gasteiger partial charge in [-0.3, -0.25) is 4.68 Å². The summed E-state index contributed by atoms with van der Waals surface area (Å²) in [7, 11) is -0.0717.